The number of nitrogens with zero attached hydrogens (tertiary/aromatic N) is 2. The lowest BCUT2D eigenvalue weighted by atomic mass is 9.74. The van der Waals surface area contributed by atoms with Crippen molar-refractivity contribution < 1.29 is 0 Å². The van der Waals surface area contributed by atoms with Crippen LogP contribution in [-0.2, 0) is 0 Å². The topological polar surface area (TPSA) is 74.2 Å². The molecule has 0 aromatic heterocycles. The summed E-state index contributed by atoms with van der Waals surface area (Å²) < 4.78 is 0. The lowest BCUT2D eigenvalue weighted by Gasteiger charge is -2.34. The van der Waals surface area contributed by atoms with Crippen molar-refractivity contribution in [2.45, 2.75) is 84.1 Å². The third-order valence-electron chi connectivity index (χ3n) is 4.77. The molecule has 1 saturated carbocycles. The van der Waals surface area contributed by atoms with Gasteiger partial charge in [-0.2, -0.15) is 5.26 Å². The lowest BCUT2D eigenvalue weighted by molar-refractivity contribution is 0.211. The van der Waals surface area contributed by atoms with Crippen molar-refractivity contribution in [3.8, 4) is 6.19 Å². The first-order valence-electron chi connectivity index (χ1n) is 8.07. The van der Waals surface area contributed by atoms with Crippen molar-refractivity contribution in [1.82, 2.24) is 5.32 Å². The first-order chi connectivity index (χ1) is 9.58. The normalized spacial score (nSPS) is 23.1. The van der Waals surface area contributed by atoms with Crippen LogP contribution in [0.2, 0.25) is 0 Å². The van der Waals surface area contributed by atoms with Crippen molar-refractivity contribution in [1.29, 1.82) is 5.26 Å². The molecule has 0 radical (unpaired) electrons. The minimum atomic E-state index is 0.157. The van der Waals surface area contributed by atoms with Crippen molar-refractivity contribution in [3.63, 3.8) is 0 Å². The molecule has 1 fully saturated rings. The van der Waals surface area contributed by atoms with Gasteiger partial charge in [0.25, 0.3) is 0 Å². The molecule has 114 valence electrons. The average Bonchev–Trinajstić information content (AvgIpc) is 2.45. The van der Waals surface area contributed by atoms with Gasteiger partial charge in [-0.25, -0.2) is 4.99 Å². The van der Waals surface area contributed by atoms with E-state index in [2.05, 4.69) is 24.2 Å². The summed E-state index contributed by atoms with van der Waals surface area (Å²) in [6.07, 6.45) is 15.0. The van der Waals surface area contributed by atoms with E-state index in [1.165, 1.54) is 64.2 Å². The van der Waals surface area contributed by atoms with Gasteiger partial charge in [-0.1, -0.05) is 58.3 Å². The number of nitriles is 1. The van der Waals surface area contributed by atoms with E-state index in [-0.39, 0.29) is 17.4 Å². The Morgan fingerprint density at radius 3 is 2.00 bits per heavy atom. The summed E-state index contributed by atoms with van der Waals surface area (Å²) in [6, 6.07) is 0.157. The number of hydrogen-bond donors (Lipinski definition) is 2. The molecule has 1 atom stereocenters. The van der Waals surface area contributed by atoms with Crippen molar-refractivity contribution in [2.24, 2.45) is 16.1 Å². The number of rotatable bonds is 2. The first-order valence-corrected chi connectivity index (χ1v) is 8.07. The van der Waals surface area contributed by atoms with E-state index in [0.29, 0.717) is 0 Å². The quantitative estimate of drug-likeness (QED) is 0.350. The molecular weight excluding hydrogens is 248 g/mol. The molecule has 20 heavy (non-hydrogen) atoms. The van der Waals surface area contributed by atoms with Crippen LogP contribution >= 0.6 is 0 Å². The molecule has 0 saturated heterocycles. The third kappa shape index (κ3) is 5.81. The molecule has 1 aliphatic carbocycles. The predicted molar refractivity (Wildman–Crippen MR) is 84.1 cm³/mol. The van der Waals surface area contributed by atoms with E-state index in [0.717, 1.165) is 0 Å². The SMILES string of the molecule is C[C@@H](N=C(N)NC#N)C1(C)CCCCCCCCCC1. The lowest BCUT2D eigenvalue weighted by Crippen LogP contribution is -2.35. The Kier molecular flexibility index (Phi) is 7.43. The van der Waals surface area contributed by atoms with E-state index in [4.69, 9.17) is 11.0 Å². The summed E-state index contributed by atoms with van der Waals surface area (Å²) in [5.41, 5.74) is 5.92. The van der Waals surface area contributed by atoms with Gasteiger partial charge in [0, 0.05) is 0 Å². The molecular formula is C16H30N4. The van der Waals surface area contributed by atoms with Gasteiger partial charge in [-0.05, 0) is 25.2 Å². The number of nitrogens with two attached hydrogens (primary N) is 1. The van der Waals surface area contributed by atoms with E-state index >= 15 is 0 Å². The van der Waals surface area contributed by atoms with Gasteiger partial charge >= 0.3 is 0 Å². The molecule has 0 spiro atoms. The van der Waals surface area contributed by atoms with E-state index < -0.39 is 0 Å². The highest BCUT2D eigenvalue weighted by atomic mass is 15.1. The van der Waals surface area contributed by atoms with Crippen molar-refractivity contribution in [3.05, 3.63) is 0 Å². The molecule has 4 nitrogen and oxygen atoms in total. The smallest absolute Gasteiger partial charge is 0.202 e. The number of hydrogen-bond acceptors (Lipinski definition) is 2. The monoisotopic (exact) mass is 278 g/mol. The highest BCUT2D eigenvalue weighted by Gasteiger charge is 2.30. The first kappa shape index (κ1) is 16.8. The summed E-state index contributed by atoms with van der Waals surface area (Å²) in [7, 11) is 0. The molecule has 0 heterocycles. The largest absolute Gasteiger partial charge is 0.369 e. The average molecular weight is 278 g/mol. The van der Waals surface area contributed by atoms with Gasteiger partial charge in [0.1, 0.15) is 0 Å². The molecule has 0 bridgehead atoms. The van der Waals surface area contributed by atoms with E-state index in [9.17, 15) is 0 Å². The fourth-order valence-corrected chi connectivity index (χ4v) is 3.12. The van der Waals surface area contributed by atoms with Crippen LogP contribution in [0.4, 0.5) is 0 Å². The molecule has 0 unspecified atom stereocenters. The second kappa shape index (κ2) is 8.84. The number of nitrogens with one attached hydrogen (secondary N) is 1. The minimum absolute atomic E-state index is 0.157. The standard InChI is InChI=1S/C16H30N4/c1-14(20-15(18)19-13-17)16(2)11-9-7-5-3-4-6-8-10-12-16/h14H,3-12H2,1-2H3,(H3,18,19,20)/t14-/m1/s1. The van der Waals surface area contributed by atoms with Crippen LogP contribution in [0.1, 0.15) is 78.1 Å². The Hall–Kier alpha value is -1.24. The fraction of sp³-hybridized carbons (Fsp3) is 0.875. The highest BCUT2D eigenvalue weighted by molar-refractivity contribution is 5.79. The van der Waals surface area contributed by atoms with Crippen LogP contribution in [0.3, 0.4) is 0 Å². The Bertz CT molecular complexity index is 331. The summed E-state index contributed by atoms with van der Waals surface area (Å²) in [5.74, 6) is 0.246. The van der Waals surface area contributed by atoms with Gasteiger partial charge in [-0.3, -0.25) is 5.32 Å². The fourth-order valence-electron chi connectivity index (χ4n) is 3.12. The maximum atomic E-state index is 8.58. The summed E-state index contributed by atoms with van der Waals surface area (Å²) in [5, 5.41) is 11.0. The molecule has 0 aromatic carbocycles. The molecule has 3 N–H and O–H groups in total. The molecule has 1 rings (SSSR count). The number of aliphatic imine (C=N–C) groups is 1. The van der Waals surface area contributed by atoms with Crippen LogP contribution < -0.4 is 11.1 Å². The van der Waals surface area contributed by atoms with Crippen molar-refractivity contribution in [2.75, 3.05) is 0 Å². The zero-order chi connectivity index (χ0) is 14.8. The molecule has 0 aliphatic heterocycles. The van der Waals surface area contributed by atoms with Crippen LogP contribution in [-0.4, -0.2) is 12.0 Å². The second-order valence-corrected chi connectivity index (χ2v) is 6.41. The van der Waals surface area contributed by atoms with Crippen LogP contribution in [0.25, 0.3) is 0 Å². The van der Waals surface area contributed by atoms with Gasteiger partial charge in [-0.15, -0.1) is 0 Å². The zero-order valence-corrected chi connectivity index (χ0v) is 13.1. The van der Waals surface area contributed by atoms with Gasteiger partial charge in [0.2, 0.25) is 5.96 Å². The Labute approximate surface area is 123 Å². The Morgan fingerprint density at radius 2 is 1.55 bits per heavy atom. The predicted octanol–water partition coefficient (Wildman–Crippen LogP) is 3.68. The van der Waals surface area contributed by atoms with Gasteiger partial charge in [0.05, 0.1) is 6.04 Å². The summed E-state index contributed by atoms with van der Waals surface area (Å²) in [4.78, 5) is 4.47. The maximum Gasteiger partial charge on any atom is 0.202 e. The molecule has 0 amide bonds. The Balaban J connectivity index is 2.67. The maximum absolute atomic E-state index is 8.58. The van der Waals surface area contributed by atoms with Crippen LogP contribution in [0.15, 0.2) is 4.99 Å². The third-order valence-corrected chi connectivity index (χ3v) is 4.77. The van der Waals surface area contributed by atoms with Crippen LogP contribution in [0, 0.1) is 16.9 Å². The Morgan fingerprint density at radius 1 is 1.10 bits per heavy atom. The minimum Gasteiger partial charge on any atom is -0.369 e. The van der Waals surface area contributed by atoms with E-state index in [1.807, 2.05) is 6.19 Å². The van der Waals surface area contributed by atoms with Crippen LogP contribution in [0.5, 0.6) is 0 Å². The molecule has 4 heteroatoms. The number of guanidine groups is 1. The highest BCUT2D eigenvalue weighted by Crippen LogP contribution is 2.37. The molecule has 1 aliphatic rings. The van der Waals surface area contributed by atoms with Gasteiger partial charge in [0.15, 0.2) is 6.19 Å². The zero-order valence-electron chi connectivity index (χ0n) is 13.1. The van der Waals surface area contributed by atoms with Crippen molar-refractivity contribution >= 4 is 5.96 Å². The summed E-state index contributed by atoms with van der Waals surface area (Å²) in [6.45, 7) is 4.46. The molecule has 0 aromatic rings. The van der Waals surface area contributed by atoms with E-state index in [1.54, 1.807) is 0 Å². The summed E-state index contributed by atoms with van der Waals surface area (Å²) >= 11 is 0. The second-order valence-electron chi connectivity index (χ2n) is 6.41. The van der Waals surface area contributed by atoms with Gasteiger partial charge < -0.3 is 5.73 Å².